The van der Waals surface area contributed by atoms with E-state index in [9.17, 15) is 13.2 Å². The van der Waals surface area contributed by atoms with Gasteiger partial charge in [-0.2, -0.15) is 13.2 Å². The number of nitrogens with two attached hydrogens (primary N) is 1. The summed E-state index contributed by atoms with van der Waals surface area (Å²) in [4.78, 5) is 0. The Kier molecular flexibility index (Phi) is 2.63. The maximum Gasteiger partial charge on any atom is 0.393 e. The Morgan fingerprint density at radius 2 is 1.92 bits per heavy atom. The van der Waals surface area contributed by atoms with E-state index in [1.165, 1.54) is 5.01 Å². The van der Waals surface area contributed by atoms with Crippen LogP contribution in [0.5, 0.6) is 0 Å². The summed E-state index contributed by atoms with van der Waals surface area (Å²) < 4.78 is 36.5. The molecule has 2 atom stereocenters. The van der Waals surface area contributed by atoms with Gasteiger partial charge in [-0.3, -0.25) is 5.84 Å². The molecule has 0 aromatic rings. The van der Waals surface area contributed by atoms with Crippen molar-refractivity contribution in [3.05, 3.63) is 0 Å². The monoisotopic (exact) mass is 182 g/mol. The third kappa shape index (κ3) is 2.10. The van der Waals surface area contributed by atoms with E-state index in [2.05, 4.69) is 0 Å². The molecule has 0 amide bonds. The molecular formula is C7H13F3N2. The molecule has 1 aliphatic heterocycles. The second-order valence-corrected chi connectivity index (χ2v) is 3.36. The van der Waals surface area contributed by atoms with Gasteiger partial charge in [0.15, 0.2) is 0 Å². The summed E-state index contributed by atoms with van der Waals surface area (Å²) in [5.41, 5.74) is 0. The molecule has 12 heavy (non-hydrogen) atoms. The van der Waals surface area contributed by atoms with E-state index in [0.717, 1.165) is 0 Å². The predicted octanol–water partition coefficient (Wildman–Crippen LogP) is 1.52. The summed E-state index contributed by atoms with van der Waals surface area (Å²) in [6.07, 6.45) is -3.35. The first-order valence-electron chi connectivity index (χ1n) is 3.99. The van der Waals surface area contributed by atoms with Crippen LogP contribution in [-0.2, 0) is 0 Å². The summed E-state index contributed by atoms with van der Waals surface area (Å²) in [5.74, 6) is 4.16. The Morgan fingerprint density at radius 1 is 1.33 bits per heavy atom. The smallest absolute Gasteiger partial charge is 0.269 e. The Hall–Kier alpha value is -0.290. The van der Waals surface area contributed by atoms with Crippen molar-refractivity contribution in [2.75, 3.05) is 6.54 Å². The number of hydrogen-bond donors (Lipinski definition) is 1. The summed E-state index contributed by atoms with van der Waals surface area (Å²) in [5, 5.41) is 1.28. The molecule has 1 fully saturated rings. The van der Waals surface area contributed by atoms with E-state index in [-0.39, 0.29) is 19.0 Å². The highest BCUT2D eigenvalue weighted by Crippen LogP contribution is 2.33. The number of halogens is 3. The molecule has 1 rings (SSSR count). The van der Waals surface area contributed by atoms with Gasteiger partial charge < -0.3 is 0 Å². The minimum atomic E-state index is -4.09. The molecule has 1 saturated heterocycles. The quantitative estimate of drug-likeness (QED) is 0.575. The minimum absolute atomic E-state index is 0.0648. The largest absolute Gasteiger partial charge is 0.393 e. The molecule has 1 aliphatic rings. The topological polar surface area (TPSA) is 29.3 Å². The normalized spacial score (nSPS) is 33.8. The third-order valence-electron chi connectivity index (χ3n) is 2.39. The summed E-state index contributed by atoms with van der Waals surface area (Å²) in [7, 11) is 0. The number of alkyl halides is 3. The van der Waals surface area contributed by atoms with Gasteiger partial charge in [-0.1, -0.05) is 0 Å². The highest BCUT2D eigenvalue weighted by Gasteiger charge is 2.42. The zero-order chi connectivity index (χ0) is 9.35. The van der Waals surface area contributed by atoms with E-state index in [1.54, 1.807) is 0 Å². The molecule has 2 N–H and O–H groups in total. The molecule has 0 saturated carbocycles. The first-order valence-corrected chi connectivity index (χ1v) is 3.99. The fraction of sp³-hybridized carbons (Fsp3) is 1.00. The number of hydrogen-bond acceptors (Lipinski definition) is 2. The van der Waals surface area contributed by atoms with Crippen molar-refractivity contribution in [2.45, 2.75) is 32.0 Å². The molecule has 0 aromatic heterocycles. The van der Waals surface area contributed by atoms with Crippen molar-refractivity contribution in [3.8, 4) is 0 Å². The fourth-order valence-electron chi connectivity index (χ4n) is 1.40. The number of nitrogens with zero attached hydrogens (tertiary/aromatic N) is 1. The summed E-state index contributed by atoms with van der Waals surface area (Å²) in [6.45, 7) is 1.78. The van der Waals surface area contributed by atoms with Gasteiger partial charge in [0.1, 0.15) is 0 Å². The van der Waals surface area contributed by atoms with Gasteiger partial charge in [-0.15, -0.1) is 0 Å². The Morgan fingerprint density at radius 3 is 2.33 bits per heavy atom. The minimum Gasteiger partial charge on any atom is -0.269 e. The van der Waals surface area contributed by atoms with Gasteiger partial charge in [0, 0.05) is 12.6 Å². The van der Waals surface area contributed by atoms with Gasteiger partial charge in [0.2, 0.25) is 0 Å². The number of hydrazine groups is 1. The Bertz CT molecular complexity index is 157. The zero-order valence-corrected chi connectivity index (χ0v) is 6.93. The molecule has 0 bridgehead atoms. The van der Waals surface area contributed by atoms with Gasteiger partial charge in [0.25, 0.3) is 0 Å². The van der Waals surface area contributed by atoms with Crippen LogP contribution in [0, 0.1) is 5.92 Å². The van der Waals surface area contributed by atoms with E-state index in [1.807, 2.05) is 6.92 Å². The van der Waals surface area contributed by atoms with Gasteiger partial charge in [0.05, 0.1) is 5.92 Å². The molecule has 0 aliphatic carbocycles. The lowest BCUT2D eigenvalue weighted by atomic mass is 9.94. The van der Waals surface area contributed by atoms with Crippen LogP contribution in [0.15, 0.2) is 0 Å². The van der Waals surface area contributed by atoms with Gasteiger partial charge in [-0.05, 0) is 19.8 Å². The van der Waals surface area contributed by atoms with Crippen molar-refractivity contribution >= 4 is 0 Å². The van der Waals surface area contributed by atoms with Crippen molar-refractivity contribution < 1.29 is 13.2 Å². The summed E-state index contributed by atoms with van der Waals surface area (Å²) in [6, 6.07) is 0.0728. The van der Waals surface area contributed by atoms with Crippen molar-refractivity contribution in [1.82, 2.24) is 5.01 Å². The molecule has 0 aromatic carbocycles. The van der Waals surface area contributed by atoms with E-state index >= 15 is 0 Å². The second-order valence-electron chi connectivity index (χ2n) is 3.36. The Balaban J connectivity index is 2.51. The maximum absolute atomic E-state index is 12.2. The van der Waals surface area contributed by atoms with Crippen LogP contribution >= 0.6 is 0 Å². The molecular weight excluding hydrogens is 169 g/mol. The molecule has 5 heteroatoms. The third-order valence-corrected chi connectivity index (χ3v) is 2.39. The molecule has 2 nitrogen and oxygen atoms in total. The molecule has 0 radical (unpaired) electrons. The molecule has 72 valence electrons. The second kappa shape index (κ2) is 3.22. The van der Waals surface area contributed by atoms with Gasteiger partial charge in [-0.25, -0.2) is 5.01 Å². The van der Waals surface area contributed by atoms with Crippen LogP contribution in [0.3, 0.4) is 0 Å². The number of rotatable bonds is 0. The highest BCUT2D eigenvalue weighted by molar-refractivity contribution is 4.79. The SMILES string of the molecule is CC1CCC(C(F)(F)F)CN1N. The average molecular weight is 182 g/mol. The standard InChI is InChI=1S/C7H13F3N2/c1-5-2-3-6(4-12(5)11)7(8,9)10/h5-6H,2-4,11H2,1H3. The lowest BCUT2D eigenvalue weighted by Gasteiger charge is -2.35. The fourth-order valence-corrected chi connectivity index (χ4v) is 1.40. The van der Waals surface area contributed by atoms with Crippen LogP contribution in [-0.4, -0.2) is 23.8 Å². The average Bonchev–Trinajstić information content (AvgIpc) is 1.92. The van der Waals surface area contributed by atoms with E-state index in [0.29, 0.717) is 6.42 Å². The molecule has 0 spiro atoms. The Labute approximate surface area is 69.5 Å². The summed E-state index contributed by atoms with van der Waals surface area (Å²) >= 11 is 0. The van der Waals surface area contributed by atoms with Crippen LogP contribution < -0.4 is 5.84 Å². The first kappa shape index (κ1) is 9.80. The van der Waals surface area contributed by atoms with Crippen LogP contribution in [0.1, 0.15) is 19.8 Å². The van der Waals surface area contributed by atoms with Gasteiger partial charge >= 0.3 is 6.18 Å². The maximum atomic E-state index is 12.2. The van der Waals surface area contributed by atoms with E-state index < -0.39 is 12.1 Å². The van der Waals surface area contributed by atoms with Crippen LogP contribution in [0.2, 0.25) is 0 Å². The number of piperidine rings is 1. The first-order chi connectivity index (χ1) is 5.41. The highest BCUT2D eigenvalue weighted by atomic mass is 19.4. The lowest BCUT2D eigenvalue weighted by molar-refractivity contribution is -0.190. The zero-order valence-electron chi connectivity index (χ0n) is 6.93. The van der Waals surface area contributed by atoms with Crippen molar-refractivity contribution in [3.63, 3.8) is 0 Å². The van der Waals surface area contributed by atoms with E-state index in [4.69, 9.17) is 5.84 Å². The lowest BCUT2D eigenvalue weighted by Crippen LogP contribution is -2.49. The van der Waals surface area contributed by atoms with Crippen LogP contribution in [0.4, 0.5) is 13.2 Å². The van der Waals surface area contributed by atoms with Crippen molar-refractivity contribution in [1.29, 1.82) is 0 Å². The predicted molar refractivity (Wildman–Crippen MR) is 39.1 cm³/mol. The molecule has 1 heterocycles. The van der Waals surface area contributed by atoms with Crippen LogP contribution in [0.25, 0.3) is 0 Å². The molecule has 2 unspecified atom stereocenters. The van der Waals surface area contributed by atoms with Crippen molar-refractivity contribution in [2.24, 2.45) is 11.8 Å².